The van der Waals surface area contributed by atoms with Crippen molar-refractivity contribution in [1.82, 2.24) is 5.43 Å². The van der Waals surface area contributed by atoms with Gasteiger partial charge >= 0.3 is 0 Å². The van der Waals surface area contributed by atoms with E-state index >= 15 is 0 Å². The van der Waals surface area contributed by atoms with Crippen molar-refractivity contribution >= 4 is 22.6 Å². The van der Waals surface area contributed by atoms with Crippen LogP contribution in [0.4, 0.5) is 0 Å². The predicted molar refractivity (Wildman–Crippen MR) is 85.1 cm³/mol. The summed E-state index contributed by atoms with van der Waals surface area (Å²) in [7, 11) is 0. The number of nitrogens with one attached hydrogen (secondary N) is 1. The summed E-state index contributed by atoms with van der Waals surface area (Å²) in [6.07, 6.45) is 5.26. The molecule has 1 aliphatic carbocycles. The van der Waals surface area contributed by atoms with Gasteiger partial charge in [0.2, 0.25) is 0 Å². The van der Waals surface area contributed by atoms with E-state index in [-0.39, 0.29) is 0 Å². The topological polar surface area (TPSA) is 38.0 Å². The molecule has 1 aromatic carbocycles. The Morgan fingerprint density at radius 3 is 2.56 bits per heavy atom. The minimum atomic E-state index is 0.310. The van der Waals surface area contributed by atoms with Crippen LogP contribution in [0.5, 0.6) is 0 Å². The molecule has 1 aliphatic rings. The molecule has 0 heterocycles. The Morgan fingerprint density at radius 2 is 1.94 bits per heavy atom. The van der Waals surface area contributed by atoms with Crippen LogP contribution in [-0.4, -0.2) is 0 Å². The molecule has 1 saturated carbocycles. The molecule has 0 spiro atoms. The van der Waals surface area contributed by atoms with Crippen LogP contribution < -0.4 is 11.3 Å². The number of hydrogen-bond donors (Lipinski definition) is 2. The summed E-state index contributed by atoms with van der Waals surface area (Å²) in [5, 5.41) is 0. The van der Waals surface area contributed by atoms with Gasteiger partial charge in [-0.1, -0.05) is 38.0 Å². The maximum absolute atomic E-state index is 5.84. The largest absolute Gasteiger partial charge is 0.271 e. The van der Waals surface area contributed by atoms with Gasteiger partial charge in [-0.25, -0.2) is 0 Å². The Labute approximate surface area is 124 Å². The molecule has 100 valence electrons. The normalized spacial score (nSPS) is 26.0. The van der Waals surface area contributed by atoms with Gasteiger partial charge in [0, 0.05) is 9.61 Å². The molecule has 0 aromatic heterocycles. The van der Waals surface area contributed by atoms with Gasteiger partial charge < -0.3 is 0 Å². The van der Waals surface area contributed by atoms with Crippen LogP contribution in [0.1, 0.15) is 49.8 Å². The first-order valence-electron chi connectivity index (χ1n) is 6.84. The summed E-state index contributed by atoms with van der Waals surface area (Å²) in [6, 6.07) is 6.84. The summed E-state index contributed by atoms with van der Waals surface area (Å²) in [6.45, 7) is 4.53. The third-order valence-corrected chi connectivity index (χ3v) is 5.74. The second kappa shape index (κ2) is 6.35. The van der Waals surface area contributed by atoms with E-state index in [0.717, 1.165) is 5.92 Å². The summed E-state index contributed by atoms with van der Waals surface area (Å²) < 4.78 is 1.36. The molecular formula is C15H23IN2. The van der Waals surface area contributed by atoms with Crippen LogP contribution in [0.2, 0.25) is 0 Å². The molecule has 2 rings (SSSR count). The van der Waals surface area contributed by atoms with Crippen molar-refractivity contribution in [3.05, 3.63) is 32.9 Å². The highest BCUT2D eigenvalue weighted by molar-refractivity contribution is 14.1. The standard InChI is InChI=1S/C15H23IN2/c1-10-6-8-12(9-7-10)15(18-17)13-5-3-4-11(2)14(13)16/h3-5,10,12,15,18H,6-9,17H2,1-2H3. The lowest BCUT2D eigenvalue weighted by Gasteiger charge is -2.33. The van der Waals surface area contributed by atoms with Crippen LogP contribution in [0.3, 0.4) is 0 Å². The number of aryl methyl sites for hydroxylation is 1. The van der Waals surface area contributed by atoms with E-state index in [9.17, 15) is 0 Å². The molecule has 0 saturated heterocycles. The van der Waals surface area contributed by atoms with Crippen LogP contribution in [-0.2, 0) is 0 Å². The van der Waals surface area contributed by atoms with Crippen molar-refractivity contribution < 1.29 is 0 Å². The smallest absolute Gasteiger partial charge is 0.0498 e. The van der Waals surface area contributed by atoms with E-state index in [0.29, 0.717) is 12.0 Å². The molecule has 0 bridgehead atoms. The molecule has 3 heteroatoms. The molecular weight excluding hydrogens is 335 g/mol. The maximum Gasteiger partial charge on any atom is 0.0498 e. The third kappa shape index (κ3) is 3.06. The number of rotatable bonds is 3. The Bertz CT molecular complexity index is 397. The van der Waals surface area contributed by atoms with E-state index in [4.69, 9.17) is 5.84 Å². The lowest BCUT2D eigenvalue weighted by atomic mass is 9.77. The summed E-state index contributed by atoms with van der Waals surface area (Å²) >= 11 is 2.45. The first-order valence-corrected chi connectivity index (χ1v) is 7.92. The molecule has 1 atom stereocenters. The van der Waals surface area contributed by atoms with E-state index in [1.807, 2.05) is 0 Å². The highest BCUT2D eigenvalue weighted by Gasteiger charge is 2.27. The lowest BCUT2D eigenvalue weighted by Crippen LogP contribution is -2.35. The first-order chi connectivity index (χ1) is 8.63. The first kappa shape index (κ1) is 14.3. The van der Waals surface area contributed by atoms with Crippen molar-refractivity contribution in [1.29, 1.82) is 0 Å². The highest BCUT2D eigenvalue weighted by atomic mass is 127. The van der Waals surface area contributed by atoms with Gasteiger partial charge in [-0.2, -0.15) is 0 Å². The average molecular weight is 358 g/mol. The summed E-state index contributed by atoms with van der Waals surface area (Å²) in [5.41, 5.74) is 5.78. The van der Waals surface area contributed by atoms with E-state index in [1.54, 1.807) is 0 Å². The number of nitrogens with two attached hydrogens (primary N) is 1. The maximum atomic E-state index is 5.84. The van der Waals surface area contributed by atoms with Gasteiger partial charge in [0.05, 0.1) is 0 Å². The second-order valence-electron chi connectivity index (χ2n) is 5.64. The fourth-order valence-electron chi connectivity index (χ4n) is 3.01. The Balaban J connectivity index is 2.20. The van der Waals surface area contributed by atoms with E-state index < -0.39 is 0 Å². The molecule has 1 unspecified atom stereocenters. The van der Waals surface area contributed by atoms with Gasteiger partial charge in [0.15, 0.2) is 0 Å². The zero-order chi connectivity index (χ0) is 13.1. The second-order valence-corrected chi connectivity index (χ2v) is 6.72. The van der Waals surface area contributed by atoms with Gasteiger partial charge in [0.25, 0.3) is 0 Å². The summed E-state index contributed by atoms with van der Waals surface area (Å²) in [4.78, 5) is 0. The van der Waals surface area contributed by atoms with Crippen LogP contribution in [0.15, 0.2) is 18.2 Å². The quantitative estimate of drug-likeness (QED) is 0.488. The zero-order valence-corrected chi connectivity index (χ0v) is 13.4. The van der Waals surface area contributed by atoms with Crippen LogP contribution in [0.25, 0.3) is 0 Å². The number of halogens is 1. The molecule has 2 nitrogen and oxygen atoms in total. The fourth-order valence-corrected chi connectivity index (χ4v) is 3.70. The van der Waals surface area contributed by atoms with Crippen molar-refractivity contribution in [2.45, 2.75) is 45.6 Å². The summed E-state index contributed by atoms with van der Waals surface area (Å²) in [5.74, 6) is 7.40. The van der Waals surface area contributed by atoms with Gasteiger partial charge in [-0.05, 0) is 65.3 Å². The average Bonchev–Trinajstić information content (AvgIpc) is 2.37. The highest BCUT2D eigenvalue weighted by Crippen LogP contribution is 2.38. The van der Waals surface area contributed by atoms with Crippen molar-refractivity contribution in [3.63, 3.8) is 0 Å². The molecule has 0 radical (unpaired) electrons. The zero-order valence-electron chi connectivity index (χ0n) is 11.2. The molecule has 1 aromatic rings. The number of hydrazine groups is 1. The molecule has 3 N–H and O–H groups in total. The fraction of sp³-hybridized carbons (Fsp3) is 0.600. The van der Waals surface area contributed by atoms with Crippen molar-refractivity contribution in [2.24, 2.45) is 17.7 Å². The van der Waals surface area contributed by atoms with E-state index in [2.05, 4.69) is 60.1 Å². The Kier molecular flexibility index (Phi) is 5.04. The SMILES string of the molecule is Cc1cccc(C(NN)C2CCC(C)CC2)c1I. The predicted octanol–water partition coefficient (Wildman–Crippen LogP) is 3.93. The van der Waals surface area contributed by atoms with Crippen molar-refractivity contribution in [2.75, 3.05) is 0 Å². The molecule has 0 amide bonds. The minimum Gasteiger partial charge on any atom is -0.271 e. The monoisotopic (exact) mass is 358 g/mol. The Morgan fingerprint density at radius 1 is 1.28 bits per heavy atom. The van der Waals surface area contributed by atoms with Crippen molar-refractivity contribution in [3.8, 4) is 0 Å². The minimum absolute atomic E-state index is 0.310. The number of hydrogen-bond acceptors (Lipinski definition) is 2. The molecule has 1 fully saturated rings. The Hall–Kier alpha value is -0.130. The van der Waals surface area contributed by atoms with Gasteiger partial charge in [-0.15, -0.1) is 0 Å². The number of benzene rings is 1. The van der Waals surface area contributed by atoms with Gasteiger partial charge in [-0.3, -0.25) is 11.3 Å². The molecule has 0 aliphatic heterocycles. The van der Waals surface area contributed by atoms with Gasteiger partial charge in [0.1, 0.15) is 0 Å². The van der Waals surface area contributed by atoms with E-state index in [1.165, 1.54) is 40.4 Å². The van der Waals surface area contributed by atoms with Crippen LogP contribution in [0, 0.1) is 22.3 Å². The van der Waals surface area contributed by atoms with Crippen LogP contribution >= 0.6 is 22.6 Å². The lowest BCUT2D eigenvalue weighted by molar-refractivity contribution is 0.232. The molecule has 18 heavy (non-hydrogen) atoms. The third-order valence-electron chi connectivity index (χ3n) is 4.27.